The molecular formula is C26H31Cl2N3O3S. The largest absolute Gasteiger partial charge is 0.412 e. The minimum absolute atomic E-state index is 0.223. The summed E-state index contributed by atoms with van der Waals surface area (Å²) in [6, 6.07) is 10.0. The smallest absolute Gasteiger partial charge is 0.404 e. The van der Waals surface area contributed by atoms with Gasteiger partial charge in [-0.15, -0.1) is 11.3 Å². The predicted molar refractivity (Wildman–Crippen MR) is 142 cm³/mol. The van der Waals surface area contributed by atoms with E-state index >= 15 is 0 Å². The SMILES string of the molecule is Cc1onc(-c2c(Cl)cccc2Cl)c1OC(=O)NCCC1CCC(C(c2cccs2)N(C)C)CC1. The second-order valence-corrected chi connectivity index (χ2v) is 11.1. The standard InChI is InChI=1S/C26H31Cl2N3O3S/c1-16-25(23(30-34-16)22-19(27)6-4-7-20(22)28)33-26(32)29-14-13-17-9-11-18(12-10-17)24(31(2)3)21-8-5-15-35-21/h4-8,15,17-18,24H,9-14H2,1-3H3,(H,29,32). The molecule has 1 unspecified atom stereocenters. The maximum Gasteiger partial charge on any atom is 0.412 e. The third-order valence-corrected chi connectivity index (χ3v) is 8.33. The Kier molecular flexibility index (Phi) is 8.76. The summed E-state index contributed by atoms with van der Waals surface area (Å²) >= 11 is 14.5. The fourth-order valence-electron chi connectivity index (χ4n) is 5.03. The average Bonchev–Trinajstić information content (AvgIpc) is 3.46. The van der Waals surface area contributed by atoms with Crippen LogP contribution < -0.4 is 10.1 Å². The number of carbonyl (C=O) groups excluding carboxylic acids is 1. The van der Waals surface area contributed by atoms with Gasteiger partial charge in [0.05, 0.1) is 10.0 Å². The van der Waals surface area contributed by atoms with Crippen LogP contribution in [0.1, 0.15) is 48.8 Å². The summed E-state index contributed by atoms with van der Waals surface area (Å²) < 4.78 is 10.8. The third kappa shape index (κ3) is 6.20. The number of halogens is 2. The van der Waals surface area contributed by atoms with Gasteiger partial charge in [0, 0.05) is 30.0 Å². The Morgan fingerprint density at radius 2 is 1.91 bits per heavy atom. The minimum atomic E-state index is -0.542. The molecule has 0 saturated heterocycles. The molecule has 1 amide bonds. The molecule has 0 spiro atoms. The lowest BCUT2D eigenvalue weighted by atomic mass is 9.76. The maximum absolute atomic E-state index is 12.5. The van der Waals surface area contributed by atoms with E-state index < -0.39 is 6.09 Å². The summed E-state index contributed by atoms with van der Waals surface area (Å²) in [5, 5.41) is 9.86. The van der Waals surface area contributed by atoms with Crippen LogP contribution in [0.4, 0.5) is 4.79 Å². The van der Waals surface area contributed by atoms with Gasteiger partial charge < -0.3 is 19.5 Å². The van der Waals surface area contributed by atoms with Crippen LogP contribution in [0.3, 0.4) is 0 Å². The van der Waals surface area contributed by atoms with Gasteiger partial charge in [0.2, 0.25) is 5.75 Å². The van der Waals surface area contributed by atoms with E-state index in [0.717, 1.165) is 6.42 Å². The average molecular weight is 537 g/mol. The zero-order valence-corrected chi connectivity index (χ0v) is 22.6. The number of aryl methyl sites for hydroxylation is 1. The van der Waals surface area contributed by atoms with Crippen LogP contribution >= 0.6 is 34.5 Å². The zero-order chi connectivity index (χ0) is 24.9. The highest BCUT2D eigenvalue weighted by Crippen LogP contribution is 2.42. The summed E-state index contributed by atoms with van der Waals surface area (Å²) in [5.41, 5.74) is 0.790. The first-order valence-electron chi connectivity index (χ1n) is 11.9. The number of hydrogen-bond donors (Lipinski definition) is 1. The molecule has 9 heteroatoms. The second kappa shape index (κ2) is 11.8. The van der Waals surface area contributed by atoms with Crippen molar-refractivity contribution in [2.75, 3.05) is 20.6 Å². The fraction of sp³-hybridized carbons (Fsp3) is 0.462. The molecule has 1 atom stereocenters. The van der Waals surface area contributed by atoms with Crippen LogP contribution in [-0.4, -0.2) is 36.8 Å². The summed E-state index contributed by atoms with van der Waals surface area (Å²) in [6.07, 6.45) is 5.16. The van der Waals surface area contributed by atoms with Crippen LogP contribution in [-0.2, 0) is 0 Å². The molecule has 1 fully saturated rings. The Labute approximate surface area is 220 Å². The molecule has 0 bridgehead atoms. The number of amides is 1. The van der Waals surface area contributed by atoms with E-state index in [1.807, 2.05) is 11.3 Å². The topological polar surface area (TPSA) is 67.6 Å². The monoisotopic (exact) mass is 535 g/mol. The Bertz CT molecular complexity index is 1100. The Morgan fingerprint density at radius 1 is 1.20 bits per heavy atom. The van der Waals surface area contributed by atoms with Gasteiger partial charge in [0.15, 0.2) is 11.5 Å². The van der Waals surface area contributed by atoms with Gasteiger partial charge in [-0.3, -0.25) is 0 Å². The molecule has 188 valence electrons. The Balaban J connectivity index is 1.27. The number of aromatic nitrogens is 1. The lowest BCUT2D eigenvalue weighted by molar-refractivity contribution is 0.148. The zero-order valence-electron chi connectivity index (χ0n) is 20.2. The van der Waals surface area contributed by atoms with Gasteiger partial charge >= 0.3 is 6.09 Å². The highest BCUT2D eigenvalue weighted by Gasteiger charge is 2.30. The van der Waals surface area contributed by atoms with Gasteiger partial charge in [0.1, 0.15) is 0 Å². The summed E-state index contributed by atoms with van der Waals surface area (Å²) in [7, 11) is 4.35. The molecule has 0 aliphatic heterocycles. The lowest BCUT2D eigenvalue weighted by Gasteiger charge is -2.37. The van der Waals surface area contributed by atoms with E-state index in [2.05, 4.69) is 47.0 Å². The van der Waals surface area contributed by atoms with Crippen LogP contribution in [0, 0.1) is 18.8 Å². The van der Waals surface area contributed by atoms with Crippen LogP contribution in [0.15, 0.2) is 40.2 Å². The molecule has 2 heterocycles. The number of nitrogens with zero attached hydrogens (tertiary/aromatic N) is 2. The van der Waals surface area contributed by atoms with Crippen molar-refractivity contribution in [3.63, 3.8) is 0 Å². The first-order valence-corrected chi connectivity index (χ1v) is 13.5. The number of nitrogens with one attached hydrogen (secondary N) is 1. The molecule has 1 N–H and O–H groups in total. The number of rotatable bonds is 8. The van der Waals surface area contributed by atoms with Crippen molar-refractivity contribution in [1.29, 1.82) is 0 Å². The minimum Gasteiger partial charge on any atom is -0.404 e. The molecule has 3 aromatic rings. The highest BCUT2D eigenvalue weighted by molar-refractivity contribution is 7.10. The number of thiophene rings is 1. The van der Waals surface area contributed by atoms with Gasteiger partial charge in [-0.25, -0.2) is 4.79 Å². The van der Waals surface area contributed by atoms with Gasteiger partial charge in [0.25, 0.3) is 0 Å². The summed E-state index contributed by atoms with van der Waals surface area (Å²) in [5.74, 6) is 1.88. The molecule has 2 aromatic heterocycles. The second-order valence-electron chi connectivity index (χ2n) is 9.32. The fourth-order valence-corrected chi connectivity index (χ4v) is 6.63. The quantitative estimate of drug-likeness (QED) is 0.321. The molecular weight excluding hydrogens is 505 g/mol. The number of carbonyl (C=O) groups is 1. The number of hydrogen-bond acceptors (Lipinski definition) is 6. The van der Waals surface area contributed by atoms with E-state index in [4.69, 9.17) is 32.5 Å². The van der Waals surface area contributed by atoms with Crippen LogP contribution in [0.2, 0.25) is 10.0 Å². The van der Waals surface area contributed by atoms with Crippen molar-refractivity contribution < 1.29 is 14.1 Å². The highest BCUT2D eigenvalue weighted by atomic mass is 35.5. The molecule has 1 saturated carbocycles. The molecule has 35 heavy (non-hydrogen) atoms. The van der Waals surface area contributed by atoms with E-state index in [1.54, 1.807) is 25.1 Å². The molecule has 4 rings (SSSR count). The van der Waals surface area contributed by atoms with Crippen molar-refractivity contribution in [2.45, 2.75) is 45.1 Å². The van der Waals surface area contributed by atoms with Gasteiger partial charge in [-0.05, 0) is 68.8 Å². The van der Waals surface area contributed by atoms with Gasteiger partial charge in [-0.2, -0.15) is 0 Å². The van der Waals surface area contributed by atoms with Crippen molar-refractivity contribution in [3.05, 3.63) is 56.4 Å². The first kappa shape index (κ1) is 26.0. The third-order valence-electron chi connectivity index (χ3n) is 6.75. The summed E-state index contributed by atoms with van der Waals surface area (Å²) in [4.78, 5) is 16.3. The van der Waals surface area contributed by atoms with Crippen molar-refractivity contribution >= 4 is 40.6 Å². The Hall–Kier alpha value is -2.06. The predicted octanol–water partition coefficient (Wildman–Crippen LogP) is 7.61. The molecule has 1 aliphatic carbocycles. The molecule has 1 aliphatic rings. The van der Waals surface area contributed by atoms with Crippen molar-refractivity contribution in [1.82, 2.24) is 15.4 Å². The number of benzene rings is 1. The van der Waals surface area contributed by atoms with Crippen molar-refractivity contribution in [2.24, 2.45) is 11.8 Å². The van der Waals surface area contributed by atoms with Gasteiger partial charge in [-0.1, -0.05) is 53.3 Å². The maximum atomic E-state index is 12.5. The van der Waals surface area contributed by atoms with E-state index in [9.17, 15) is 4.79 Å². The molecule has 6 nitrogen and oxygen atoms in total. The normalized spacial score (nSPS) is 19.0. The first-order chi connectivity index (χ1) is 16.8. The lowest BCUT2D eigenvalue weighted by Crippen LogP contribution is -2.32. The van der Waals surface area contributed by atoms with E-state index in [1.165, 1.54) is 30.6 Å². The van der Waals surface area contributed by atoms with E-state index in [-0.39, 0.29) is 5.75 Å². The van der Waals surface area contributed by atoms with Crippen molar-refractivity contribution in [3.8, 4) is 17.0 Å². The number of ether oxygens (including phenoxy) is 1. The summed E-state index contributed by atoms with van der Waals surface area (Å²) in [6.45, 7) is 2.24. The molecule has 0 radical (unpaired) electrons. The molecule has 1 aromatic carbocycles. The van der Waals surface area contributed by atoms with Crippen LogP contribution in [0.25, 0.3) is 11.3 Å². The Morgan fingerprint density at radius 3 is 2.54 bits per heavy atom. The van der Waals surface area contributed by atoms with Crippen LogP contribution in [0.5, 0.6) is 5.75 Å². The van der Waals surface area contributed by atoms with E-state index in [0.29, 0.717) is 51.5 Å².